The topological polar surface area (TPSA) is 103 Å². The lowest BCUT2D eigenvalue weighted by atomic mass is 9.90. The third kappa shape index (κ3) is 5.31. The number of carbonyl (C=O) groups excluding carboxylic acids is 1. The molecule has 1 unspecified atom stereocenters. The number of fused-ring (bicyclic) bond motifs is 1. The molecular weight excluding hydrogens is 450 g/mol. The Bertz CT molecular complexity index is 1190. The first-order chi connectivity index (χ1) is 15.3. The normalized spacial score (nSPS) is 16.4. The predicted molar refractivity (Wildman–Crippen MR) is 123 cm³/mol. The number of piperidine rings is 1. The Morgan fingerprint density at radius 1 is 1.19 bits per heavy atom. The van der Waals surface area contributed by atoms with Gasteiger partial charge in [-0.05, 0) is 60.2 Å². The van der Waals surface area contributed by atoms with Crippen molar-refractivity contribution in [3.8, 4) is 0 Å². The second-order valence-electron chi connectivity index (χ2n) is 8.30. The number of amides is 1. The average Bonchev–Trinajstić information content (AvgIpc) is 3.33. The number of rotatable bonds is 7. The summed E-state index contributed by atoms with van der Waals surface area (Å²) in [5.41, 5.74) is 0.700. The maximum absolute atomic E-state index is 12.8. The molecule has 0 aliphatic carbocycles. The molecule has 1 fully saturated rings. The van der Waals surface area contributed by atoms with Gasteiger partial charge in [-0.2, -0.15) is 0 Å². The van der Waals surface area contributed by atoms with E-state index in [0.717, 1.165) is 23.6 Å². The van der Waals surface area contributed by atoms with Gasteiger partial charge in [-0.15, -0.1) is 0 Å². The summed E-state index contributed by atoms with van der Waals surface area (Å²) in [7, 11) is -3.57. The Labute approximate surface area is 192 Å². The zero-order chi connectivity index (χ0) is 22.7. The SMILES string of the molecule is O=C(CCS(=O)(=O)c1ccc2cc(Cl)ccc2c1)N1CCC(CC(O)c2cnc[nH]2)CC1. The van der Waals surface area contributed by atoms with E-state index in [1.807, 2.05) is 0 Å². The Hall–Kier alpha value is -2.42. The number of sulfone groups is 1. The van der Waals surface area contributed by atoms with Gasteiger partial charge in [0.1, 0.15) is 0 Å². The minimum Gasteiger partial charge on any atom is -0.387 e. The summed E-state index contributed by atoms with van der Waals surface area (Å²) in [6, 6.07) is 10.2. The van der Waals surface area contributed by atoms with Gasteiger partial charge in [-0.3, -0.25) is 4.79 Å². The fourth-order valence-electron chi connectivity index (χ4n) is 4.20. The Morgan fingerprint density at radius 3 is 2.62 bits per heavy atom. The number of aliphatic hydroxyl groups excluding tert-OH is 1. The number of hydrogen-bond acceptors (Lipinski definition) is 5. The average molecular weight is 476 g/mol. The van der Waals surface area contributed by atoms with E-state index in [4.69, 9.17) is 11.6 Å². The van der Waals surface area contributed by atoms with Crippen molar-refractivity contribution in [2.24, 2.45) is 5.92 Å². The van der Waals surface area contributed by atoms with Crippen molar-refractivity contribution in [1.82, 2.24) is 14.9 Å². The lowest BCUT2D eigenvalue weighted by molar-refractivity contribution is -0.132. The molecule has 2 N–H and O–H groups in total. The summed E-state index contributed by atoms with van der Waals surface area (Å²) in [6.07, 6.45) is 4.73. The number of hydrogen-bond donors (Lipinski definition) is 2. The first-order valence-electron chi connectivity index (χ1n) is 10.7. The molecular formula is C23H26ClN3O4S. The number of halogens is 1. The van der Waals surface area contributed by atoms with E-state index in [9.17, 15) is 18.3 Å². The third-order valence-electron chi connectivity index (χ3n) is 6.12. The van der Waals surface area contributed by atoms with Gasteiger partial charge >= 0.3 is 0 Å². The molecule has 0 spiro atoms. The van der Waals surface area contributed by atoms with Crippen LogP contribution in [0.5, 0.6) is 0 Å². The number of aromatic amines is 1. The number of aliphatic hydroxyl groups is 1. The quantitative estimate of drug-likeness (QED) is 0.541. The number of aromatic nitrogens is 2. The van der Waals surface area contributed by atoms with E-state index in [1.54, 1.807) is 53.8 Å². The molecule has 1 aliphatic rings. The summed E-state index contributed by atoms with van der Waals surface area (Å²) in [5.74, 6) is -0.0514. The van der Waals surface area contributed by atoms with Crippen molar-refractivity contribution < 1.29 is 18.3 Å². The molecule has 1 atom stereocenters. The Kier molecular flexibility index (Phi) is 6.83. The largest absolute Gasteiger partial charge is 0.387 e. The van der Waals surface area contributed by atoms with Gasteiger partial charge in [0.05, 0.1) is 35.0 Å². The highest BCUT2D eigenvalue weighted by Gasteiger charge is 2.26. The molecule has 1 amide bonds. The monoisotopic (exact) mass is 475 g/mol. The Morgan fingerprint density at radius 2 is 1.91 bits per heavy atom. The molecule has 170 valence electrons. The van der Waals surface area contributed by atoms with Crippen molar-refractivity contribution in [3.05, 3.63) is 59.6 Å². The highest BCUT2D eigenvalue weighted by molar-refractivity contribution is 7.91. The first-order valence-corrected chi connectivity index (χ1v) is 12.7. The Balaban J connectivity index is 1.29. The van der Waals surface area contributed by atoms with Gasteiger partial charge in [0.2, 0.25) is 5.91 Å². The predicted octanol–water partition coefficient (Wildman–Crippen LogP) is 3.74. The molecule has 32 heavy (non-hydrogen) atoms. The molecule has 1 aliphatic heterocycles. The molecule has 0 radical (unpaired) electrons. The lowest BCUT2D eigenvalue weighted by Gasteiger charge is -2.32. The van der Waals surface area contributed by atoms with Crippen LogP contribution in [-0.4, -0.2) is 53.1 Å². The zero-order valence-corrected chi connectivity index (χ0v) is 19.1. The van der Waals surface area contributed by atoms with Gasteiger partial charge < -0.3 is 15.0 Å². The van der Waals surface area contributed by atoms with Crippen molar-refractivity contribution >= 4 is 38.1 Å². The minimum atomic E-state index is -3.57. The number of imidazole rings is 1. The minimum absolute atomic E-state index is 0.0393. The van der Waals surface area contributed by atoms with Crippen LogP contribution < -0.4 is 0 Å². The summed E-state index contributed by atoms with van der Waals surface area (Å²) >= 11 is 5.99. The van der Waals surface area contributed by atoms with E-state index in [-0.39, 0.29) is 23.0 Å². The van der Waals surface area contributed by atoms with Crippen LogP contribution in [0.25, 0.3) is 10.8 Å². The number of benzene rings is 2. The van der Waals surface area contributed by atoms with Crippen molar-refractivity contribution in [3.63, 3.8) is 0 Å². The van der Waals surface area contributed by atoms with Gasteiger partial charge in [0.15, 0.2) is 9.84 Å². The van der Waals surface area contributed by atoms with Gasteiger partial charge in [0, 0.05) is 24.5 Å². The maximum Gasteiger partial charge on any atom is 0.223 e. The third-order valence-corrected chi connectivity index (χ3v) is 8.07. The first kappa shape index (κ1) is 22.8. The van der Waals surface area contributed by atoms with Crippen LogP contribution in [-0.2, 0) is 14.6 Å². The van der Waals surface area contributed by atoms with Crippen molar-refractivity contribution in [1.29, 1.82) is 0 Å². The highest BCUT2D eigenvalue weighted by atomic mass is 35.5. The van der Waals surface area contributed by atoms with E-state index in [0.29, 0.717) is 36.1 Å². The van der Waals surface area contributed by atoms with Gasteiger partial charge in [0.25, 0.3) is 0 Å². The molecule has 7 nitrogen and oxygen atoms in total. The standard InChI is InChI=1S/C23H26ClN3O4S/c24-19-3-1-18-13-20(4-2-17(18)12-19)32(30,31)10-7-23(29)27-8-5-16(6-9-27)11-22(28)21-14-25-15-26-21/h1-4,12-16,22,28H,5-11H2,(H,25,26). The number of nitrogens with one attached hydrogen (secondary N) is 1. The molecule has 9 heteroatoms. The number of likely N-dealkylation sites (tertiary alicyclic amines) is 1. The van der Waals surface area contributed by atoms with Crippen LogP contribution in [0.1, 0.15) is 37.5 Å². The van der Waals surface area contributed by atoms with Gasteiger partial charge in [-0.1, -0.05) is 23.7 Å². The van der Waals surface area contributed by atoms with Crippen LogP contribution in [0, 0.1) is 5.92 Å². The summed E-state index contributed by atoms with van der Waals surface area (Å²) < 4.78 is 25.6. The van der Waals surface area contributed by atoms with Crippen LogP contribution in [0.3, 0.4) is 0 Å². The molecule has 4 rings (SSSR count). The van der Waals surface area contributed by atoms with Crippen LogP contribution in [0.4, 0.5) is 0 Å². The molecule has 0 saturated carbocycles. The zero-order valence-electron chi connectivity index (χ0n) is 17.6. The lowest BCUT2D eigenvalue weighted by Crippen LogP contribution is -2.39. The second-order valence-corrected chi connectivity index (χ2v) is 10.9. The van der Waals surface area contributed by atoms with Gasteiger partial charge in [-0.25, -0.2) is 13.4 Å². The van der Waals surface area contributed by atoms with Crippen LogP contribution in [0.2, 0.25) is 5.02 Å². The number of nitrogens with zero attached hydrogens (tertiary/aromatic N) is 2. The van der Waals surface area contributed by atoms with Crippen molar-refractivity contribution in [2.75, 3.05) is 18.8 Å². The highest BCUT2D eigenvalue weighted by Crippen LogP contribution is 2.28. The molecule has 0 bridgehead atoms. The summed E-state index contributed by atoms with van der Waals surface area (Å²) in [5, 5.41) is 12.5. The summed E-state index contributed by atoms with van der Waals surface area (Å²) in [6.45, 7) is 1.16. The van der Waals surface area contributed by atoms with E-state index in [2.05, 4.69) is 9.97 Å². The van der Waals surface area contributed by atoms with Crippen LogP contribution in [0.15, 0.2) is 53.8 Å². The van der Waals surface area contributed by atoms with E-state index in [1.165, 1.54) is 0 Å². The molecule has 1 aromatic heterocycles. The fourth-order valence-corrected chi connectivity index (χ4v) is 5.64. The van der Waals surface area contributed by atoms with E-state index < -0.39 is 15.9 Å². The smallest absolute Gasteiger partial charge is 0.223 e. The second kappa shape index (κ2) is 9.60. The van der Waals surface area contributed by atoms with E-state index >= 15 is 0 Å². The summed E-state index contributed by atoms with van der Waals surface area (Å²) in [4.78, 5) is 21.4. The van der Waals surface area contributed by atoms with Crippen molar-refractivity contribution in [2.45, 2.75) is 36.7 Å². The number of carbonyl (C=O) groups is 1. The number of H-pyrrole nitrogens is 1. The molecule has 2 aromatic carbocycles. The van der Waals surface area contributed by atoms with Crippen LogP contribution >= 0.6 is 11.6 Å². The maximum atomic E-state index is 12.8. The molecule has 3 aromatic rings. The molecule has 1 saturated heterocycles. The molecule has 2 heterocycles. The fraction of sp³-hybridized carbons (Fsp3) is 0.391.